The summed E-state index contributed by atoms with van der Waals surface area (Å²) < 4.78 is 14.9. The number of piperidine rings is 1. The van der Waals surface area contributed by atoms with Gasteiger partial charge in [0.25, 0.3) is 5.91 Å². The van der Waals surface area contributed by atoms with Gasteiger partial charge in [-0.3, -0.25) is 9.48 Å². The van der Waals surface area contributed by atoms with E-state index in [1.165, 1.54) is 12.1 Å². The van der Waals surface area contributed by atoms with Crippen LogP contribution in [0, 0.1) is 5.82 Å². The third-order valence-corrected chi connectivity index (χ3v) is 3.83. The van der Waals surface area contributed by atoms with Gasteiger partial charge in [-0.05, 0) is 43.1 Å². The van der Waals surface area contributed by atoms with Crippen molar-refractivity contribution in [1.29, 1.82) is 0 Å². The second-order valence-electron chi connectivity index (χ2n) is 5.49. The zero-order chi connectivity index (χ0) is 15.4. The summed E-state index contributed by atoms with van der Waals surface area (Å²) in [5.41, 5.74) is 1.12. The highest BCUT2D eigenvalue weighted by Crippen LogP contribution is 2.15. The van der Waals surface area contributed by atoms with Crippen molar-refractivity contribution in [2.75, 3.05) is 13.1 Å². The van der Waals surface area contributed by atoms with Crippen LogP contribution in [0.25, 0.3) is 0 Å². The van der Waals surface area contributed by atoms with Crippen molar-refractivity contribution >= 4 is 18.3 Å². The minimum atomic E-state index is -0.305. The minimum Gasteiger partial charge on any atom is -0.347 e. The van der Waals surface area contributed by atoms with Crippen molar-refractivity contribution in [3.8, 4) is 0 Å². The van der Waals surface area contributed by atoms with E-state index < -0.39 is 0 Å². The van der Waals surface area contributed by atoms with Gasteiger partial charge in [0.2, 0.25) is 0 Å². The molecule has 2 N–H and O–H groups in total. The largest absolute Gasteiger partial charge is 0.347 e. The van der Waals surface area contributed by atoms with Crippen LogP contribution in [0.3, 0.4) is 0 Å². The first-order chi connectivity index (χ1) is 10.7. The minimum absolute atomic E-state index is 0. The topological polar surface area (TPSA) is 59.0 Å². The molecule has 1 aromatic heterocycles. The van der Waals surface area contributed by atoms with Gasteiger partial charge in [0.15, 0.2) is 0 Å². The summed E-state index contributed by atoms with van der Waals surface area (Å²) in [7, 11) is 0. The maximum absolute atomic E-state index is 13.1. The smallest absolute Gasteiger partial charge is 0.272 e. The fraction of sp³-hybridized carbons (Fsp3) is 0.375. The van der Waals surface area contributed by atoms with E-state index in [1.54, 1.807) is 18.2 Å². The Bertz CT molecular complexity index is 655. The number of carbonyl (C=O) groups excluding carboxylic acids is 1. The fourth-order valence-electron chi connectivity index (χ4n) is 2.64. The van der Waals surface area contributed by atoms with Gasteiger partial charge in [0.05, 0.1) is 6.04 Å². The number of hydrogen-bond acceptors (Lipinski definition) is 3. The van der Waals surface area contributed by atoms with Gasteiger partial charge < -0.3 is 10.6 Å². The molecule has 1 fully saturated rings. The number of rotatable bonds is 4. The zero-order valence-corrected chi connectivity index (χ0v) is 13.5. The van der Waals surface area contributed by atoms with Crippen LogP contribution in [0.2, 0.25) is 0 Å². The summed E-state index contributed by atoms with van der Waals surface area (Å²) in [6.07, 6.45) is 4.03. The molecule has 0 spiro atoms. The predicted molar refractivity (Wildman–Crippen MR) is 88.2 cm³/mol. The molecule has 1 amide bonds. The van der Waals surface area contributed by atoms with Crippen LogP contribution in [0.4, 0.5) is 4.39 Å². The van der Waals surface area contributed by atoms with E-state index in [2.05, 4.69) is 15.7 Å². The maximum Gasteiger partial charge on any atom is 0.272 e. The Balaban J connectivity index is 0.00000192. The van der Waals surface area contributed by atoms with Gasteiger partial charge in [-0.1, -0.05) is 12.1 Å². The number of aromatic nitrogens is 2. The monoisotopic (exact) mass is 338 g/mol. The molecule has 2 heterocycles. The number of hydrogen-bond donors (Lipinski definition) is 2. The van der Waals surface area contributed by atoms with Crippen molar-refractivity contribution in [2.24, 2.45) is 0 Å². The predicted octanol–water partition coefficient (Wildman–Crippen LogP) is 2.30. The first-order valence-corrected chi connectivity index (χ1v) is 7.51. The Morgan fingerprint density at radius 3 is 3.04 bits per heavy atom. The van der Waals surface area contributed by atoms with Crippen molar-refractivity contribution in [1.82, 2.24) is 20.4 Å². The van der Waals surface area contributed by atoms with E-state index in [-0.39, 0.29) is 30.7 Å². The van der Waals surface area contributed by atoms with E-state index in [0.29, 0.717) is 11.7 Å². The van der Waals surface area contributed by atoms with Gasteiger partial charge in [0.1, 0.15) is 11.5 Å². The molecule has 0 aliphatic carbocycles. The summed E-state index contributed by atoms with van der Waals surface area (Å²) in [6, 6.07) is 8.21. The molecule has 3 rings (SSSR count). The second kappa shape index (κ2) is 8.08. The third kappa shape index (κ3) is 4.53. The van der Waals surface area contributed by atoms with Gasteiger partial charge >= 0.3 is 0 Å². The van der Waals surface area contributed by atoms with Crippen molar-refractivity contribution in [3.63, 3.8) is 0 Å². The average Bonchev–Trinajstić information content (AvgIpc) is 3.04. The maximum atomic E-state index is 13.1. The molecule has 2 aromatic rings. The molecule has 1 saturated heterocycles. The molecular formula is C16H20ClFN4O. The average molecular weight is 339 g/mol. The molecule has 0 radical (unpaired) electrons. The summed E-state index contributed by atoms with van der Waals surface area (Å²) >= 11 is 0. The number of nitrogens with one attached hydrogen (secondary N) is 2. The Hall–Kier alpha value is -1.92. The summed E-state index contributed by atoms with van der Waals surface area (Å²) in [4.78, 5) is 12.1. The molecule has 7 heteroatoms. The molecule has 1 unspecified atom stereocenters. The highest BCUT2D eigenvalue weighted by atomic mass is 35.5. The molecular weight excluding hydrogens is 319 g/mol. The van der Waals surface area contributed by atoms with Gasteiger partial charge in [0, 0.05) is 19.3 Å². The molecule has 1 atom stereocenters. The van der Waals surface area contributed by atoms with Crippen LogP contribution in [-0.4, -0.2) is 28.8 Å². The number of benzene rings is 1. The van der Waals surface area contributed by atoms with E-state index in [1.807, 2.05) is 10.9 Å². The molecule has 1 aliphatic heterocycles. The lowest BCUT2D eigenvalue weighted by atomic mass is 10.1. The van der Waals surface area contributed by atoms with E-state index in [4.69, 9.17) is 0 Å². The highest BCUT2D eigenvalue weighted by Gasteiger charge is 2.17. The number of carbonyl (C=O) groups is 1. The van der Waals surface area contributed by atoms with Crippen molar-refractivity contribution < 1.29 is 9.18 Å². The molecule has 23 heavy (non-hydrogen) atoms. The summed E-state index contributed by atoms with van der Waals surface area (Å²) in [5.74, 6) is -0.549. The lowest BCUT2D eigenvalue weighted by Crippen LogP contribution is -2.32. The van der Waals surface area contributed by atoms with Crippen LogP contribution in [0.1, 0.15) is 34.9 Å². The number of amides is 1. The zero-order valence-electron chi connectivity index (χ0n) is 12.7. The van der Waals surface area contributed by atoms with Crippen molar-refractivity contribution in [2.45, 2.75) is 25.4 Å². The normalized spacial score (nSPS) is 17.3. The fourth-order valence-corrected chi connectivity index (χ4v) is 2.64. The standard InChI is InChI=1S/C16H19FN4O.ClH/c17-13-4-1-3-12(9-13)10-19-16(22)15-6-8-21(20-15)14-5-2-7-18-11-14;/h1,3-4,6,8-9,14,18H,2,5,7,10-11H2,(H,19,22);1H. The van der Waals surface area contributed by atoms with Crippen LogP contribution in [0.5, 0.6) is 0 Å². The SMILES string of the molecule is Cl.O=C(NCc1cccc(F)c1)c1ccn(C2CCCNC2)n1. The van der Waals surface area contributed by atoms with Crippen LogP contribution < -0.4 is 10.6 Å². The van der Waals surface area contributed by atoms with E-state index >= 15 is 0 Å². The second-order valence-corrected chi connectivity index (χ2v) is 5.49. The number of nitrogens with zero attached hydrogens (tertiary/aromatic N) is 2. The summed E-state index contributed by atoms with van der Waals surface area (Å²) in [6.45, 7) is 2.21. The lowest BCUT2D eigenvalue weighted by molar-refractivity contribution is 0.0944. The van der Waals surface area contributed by atoms with Gasteiger partial charge in [-0.15, -0.1) is 12.4 Å². The number of halogens is 2. The highest BCUT2D eigenvalue weighted by molar-refractivity contribution is 5.92. The first kappa shape index (κ1) is 17.4. The Labute approximate surface area is 140 Å². The third-order valence-electron chi connectivity index (χ3n) is 3.83. The Kier molecular flexibility index (Phi) is 6.12. The van der Waals surface area contributed by atoms with Gasteiger partial charge in [-0.25, -0.2) is 4.39 Å². The quantitative estimate of drug-likeness (QED) is 0.899. The summed E-state index contributed by atoms with van der Waals surface area (Å²) in [5, 5.41) is 10.4. The van der Waals surface area contributed by atoms with Crippen LogP contribution in [-0.2, 0) is 6.54 Å². The lowest BCUT2D eigenvalue weighted by Gasteiger charge is -2.22. The Morgan fingerprint density at radius 1 is 1.43 bits per heavy atom. The van der Waals surface area contributed by atoms with E-state index in [9.17, 15) is 9.18 Å². The van der Waals surface area contributed by atoms with E-state index in [0.717, 1.165) is 31.5 Å². The van der Waals surface area contributed by atoms with Gasteiger partial charge in [-0.2, -0.15) is 5.10 Å². The Morgan fingerprint density at radius 2 is 2.30 bits per heavy atom. The molecule has 124 valence electrons. The molecule has 1 aromatic carbocycles. The molecule has 0 saturated carbocycles. The first-order valence-electron chi connectivity index (χ1n) is 7.51. The molecule has 5 nitrogen and oxygen atoms in total. The van der Waals surface area contributed by atoms with Crippen molar-refractivity contribution in [3.05, 3.63) is 53.6 Å². The molecule has 0 bridgehead atoms. The van der Waals surface area contributed by atoms with Crippen LogP contribution in [0.15, 0.2) is 36.5 Å². The van der Waals surface area contributed by atoms with Crippen LogP contribution >= 0.6 is 12.4 Å². The molecule has 1 aliphatic rings.